The highest BCUT2D eigenvalue weighted by atomic mass is 16.5. The lowest BCUT2D eigenvalue weighted by atomic mass is 10.1. The monoisotopic (exact) mass is 352 g/mol. The van der Waals surface area contributed by atoms with E-state index in [1.165, 1.54) is 0 Å². The van der Waals surface area contributed by atoms with E-state index in [0.29, 0.717) is 13.1 Å². The van der Waals surface area contributed by atoms with Crippen LogP contribution < -0.4 is 5.32 Å². The fourth-order valence-corrected chi connectivity index (χ4v) is 3.76. The van der Waals surface area contributed by atoms with Crippen LogP contribution in [-0.4, -0.2) is 42.1 Å². The zero-order chi connectivity index (χ0) is 18.3. The molecule has 1 fully saturated rings. The summed E-state index contributed by atoms with van der Waals surface area (Å²) in [5.41, 5.74) is 2.64. The number of rotatable bonds is 3. The van der Waals surface area contributed by atoms with Gasteiger partial charge in [-0.15, -0.1) is 0 Å². The van der Waals surface area contributed by atoms with Gasteiger partial charge in [0, 0.05) is 29.5 Å². The summed E-state index contributed by atoms with van der Waals surface area (Å²) in [4.78, 5) is 14.7. The van der Waals surface area contributed by atoms with E-state index in [1.807, 2.05) is 56.0 Å². The SMILES string of the molecule is C[C@@H]1CN(C(=O)[C@@H](C)Nc2ccc3oc4ccccc4c3c2)C[C@@H](C)O1. The molecule has 0 radical (unpaired) electrons. The topological polar surface area (TPSA) is 54.7 Å². The van der Waals surface area contributed by atoms with E-state index in [1.54, 1.807) is 0 Å². The number of hydrogen-bond acceptors (Lipinski definition) is 4. The van der Waals surface area contributed by atoms with Crippen LogP contribution in [0.3, 0.4) is 0 Å². The van der Waals surface area contributed by atoms with Crippen molar-refractivity contribution in [2.24, 2.45) is 0 Å². The van der Waals surface area contributed by atoms with E-state index in [0.717, 1.165) is 27.6 Å². The number of fused-ring (bicyclic) bond motifs is 3. The molecule has 0 bridgehead atoms. The van der Waals surface area contributed by atoms with Crippen molar-refractivity contribution in [3.8, 4) is 0 Å². The Morgan fingerprint density at radius 1 is 1.08 bits per heavy atom. The summed E-state index contributed by atoms with van der Waals surface area (Å²) in [6, 6.07) is 13.6. The number of nitrogens with zero attached hydrogens (tertiary/aromatic N) is 1. The first-order chi connectivity index (χ1) is 12.5. The number of nitrogens with one attached hydrogen (secondary N) is 1. The first-order valence-corrected chi connectivity index (χ1v) is 9.13. The first kappa shape index (κ1) is 16.9. The molecule has 2 aromatic carbocycles. The molecule has 0 aliphatic carbocycles. The van der Waals surface area contributed by atoms with Crippen molar-refractivity contribution in [3.63, 3.8) is 0 Å². The van der Waals surface area contributed by atoms with Gasteiger partial charge in [0.2, 0.25) is 5.91 Å². The normalized spacial score (nSPS) is 21.9. The van der Waals surface area contributed by atoms with Gasteiger partial charge in [-0.3, -0.25) is 4.79 Å². The molecule has 1 N–H and O–H groups in total. The molecule has 1 aromatic heterocycles. The standard InChI is InChI=1S/C21H24N2O3/c1-13-11-23(12-14(2)25-13)21(24)15(3)22-16-8-9-20-18(10-16)17-6-4-5-7-19(17)26-20/h4-10,13-15,22H,11-12H2,1-3H3/t13-,14-,15-/m1/s1. The predicted molar refractivity (Wildman–Crippen MR) is 103 cm³/mol. The van der Waals surface area contributed by atoms with Crippen LogP contribution in [0.1, 0.15) is 20.8 Å². The smallest absolute Gasteiger partial charge is 0.244 e. The molecular weight excluding hydrogens is 328 g/mol. The molecule has 1 saturated heterocycles. The molecule has 3 aromatic rings. The molecule has 1 amide bonds. The first-order valence-electron chi connectivity index (χ1n) is 9.13. The number of carbonyl (C=O) groups excluding carboxylic acids is 1. The summed E-state index contributed by atoms with van der Waals surface area (Å²) in [5.74, 6) is 0.101. The molecule has 136 valence electrons. The summed E-state index contributed by atoms with van der Waals surface area (Å²) < 4.78 is 11.6. The Kier molecular flexibility index (Phi) is 4.32. The average molecular weight is 352 g/mol. The van der Waals surface area contributed by atoms with E-state index in [4.69, 9.17) is 9.15 Å². The van der Waals surface area contributed by atoms with E-state index in [2.05, 4.69) is 17.4 Å². The number of anilines is 1. The molecule has 1 aliphatic rings. The molecule has 3 atom stereocenters. The van der Waals surface area contributed by atoms with Crippen LogP contribution in [0.5, 0.6) is 0 Å². The van der Waals surface area contributed by atoms with Gasteiger partial charge in [0.1, 0.15) is 17.2 Å². The van der Waals surface area contributed by atoms with Crippen molar-refractivity contribution in [3.05, 3.63) is 42.5 Å². The van der Waals surface area contributed by atoms with E-state index in [-0.39, 0.29) is 24.2 Å². The number of hydrogen-bond donors (Lipinski definition) is 1. The van der Waals surface area contributed by atoms with Crippen molar-refractivity contribution >= 4 is 33.5 Å². The van der Waals surface area contributed by atoms with Gasteiger partial charge >= 0.3 is 0 Å². The Morgan fingerprint density at radius 3 is 2.54 bits per heavy atom. The lowest BCUT2D eigenvalue weighted by Gasteiger charge is -2.36. The van der Waals surface area contributed by atoms with Gasteiger partial charge in [-0.1, -0.05) is 18.2 Å². The van der Waals surface area contributed by atoms with Crippen LogP contribution in [0.4, 0.5) is 5.69 Å². The van der Waals surface area contributed by atoms with Gasteiger partial charge in [-0.05, 0) is 45.0 Å². The summed E-state index contributed by atoms with van der Waals surface area (Å²) in [5, 5.41) is 5.48. The van der Waals surface area contributed by atoms with Crippen LogP contribution in [0, 0.1) is 0 Å². The lowest BCUT2D eigenvalue weighted by Crippen LogP contribution is -2.52. The second-order valence-electron chi connectivity index (χ2n) is 7.18. The molecule has 0 spiro atoms. The number of furan rings is 1. The van der Waals surface area contributed by atoms with Crippen LogP contribution in [-0.2, 0) is 9.53 Å². The highest BCUT2D eigenvalue weighted by molar-refractivity contribution is 6.06. The van der Waals surface area contributed by atoms with Gasteiger partial charge in [-0.25, -0.2) is 0 Å². The molecular formula is C21H24N2O3. The summed E-state index contributed by atoms with van der Waals surface area (Å²) in [6.45, 7) is 7.20. The quantitative estimate of drug-likeness (QED) is 0.773. The molecule has 5 heteroatoms. The second kappa shape index (κ2) is 6.65. The van der Waals surface area contributed by atoms with Crippen LogP contribution in [0.25, 0.3) is 21.9 Å². The van der Waals surface area contributed by atoms with Gasteiger partial charge in [0.15, 0.2) is 0 Å². The zero-order valence-corrected chi connectivity index (χ0v) is 15.4. The number of morpholine rings is 1. The molecule has 26 heavy (non-hydrogen) atoms. The minimum absolute atomic E-state index is 0.0727. The van der Waals surface area contributed by atoms with Gasteiger partial charge in [0.25, 0.3) is 0 Å². The third-order valence-corrected chi connectivity index (χ3v) is 4.86. The van der Waals surface area contributed by atoms with Crippen LogP contribution >= 0.6 is 0 Å². The molecule has 0 saturated carbocycles. The predicted octanol–water partition coefficient (Wildman–Crippen LogP) is 4.02. The van der Waals surface area contributed by atoms with Crippen molar-refractivity contribution < 1.29 is 13.9 Å². The fraction of sp³-hybridized carbons (Fsp3) is 0.381. The number of amides is 1. The Balaban J connectivity index is 1.54. The minimum Gasteiger partial charge on any atom is -0.456 e. The fourth-order valence-electron chi connectivity index (χ4n) is 3.76. The minimum atomic E-state index is -0.303. The Labute approximate surface area is 152 Å². The van der Waals surface area contributed by atoms with Gasteiger partial charge in [0.05, 0.1) is 12.2 Å². The van der Waals surface area contributed by atoms with E-state index >= 15 is 0 Å². The van der Waals surface area contributed by atoms with Gasteiger partial charge < -0.3 is 19.4 Å². The molecule has 5 nitrogen and oxygen atoms in total. The van der Waals surface area contributed by atoms with Crippen molar-refractivity contribution in [2.45, 2.75) is 39.0 Å². The third-order valence-electron chi connectivity index (χ3n) is 4.86. The molecule has 1 aliphatic heterocycles. The largest absolute Gasteiger partial charge is 0.456 e. The Bertz CT molecular complexity index is 939. The molecule has 0 unspecified atom stereocenters. The molecule has 4 rings (SSSR count). The molecule has 2 heterocycles. The maximum atomic E-state index is 12.8. The Hall–Kier alpha value is -2.53. The number of para-hydroxylation sites is 1. The lowest BCUT2D eigenvalue weighted by molar-refractivity contribution is -0.143. The summed E-state index contributed by atoms with van der Waals surface area (Å²) in [6.07, 6.45) is 0.145. The zero-order valence-electron chi connectivity index (χ0n) is 15.4. The van der Waals surface area contributed by atoms with E-state index in [9.17, 15) is 4.79 Å². The van der Waals surface area contributed by atoms with Crippen molar-refractivity contribution in [1.29, 1.82) is 0 Å². The summed E-state index contributed by atoms with van der Waals surface area (Å²) in [7, 11) is 0. The maximum Gasteiger partial charge on any atom is 0.244 e. The van der Waals surface area contributed by atoms with E-state index < -0.39 is 0 Å². The highest BCUT2D eigenvalue weighted by Gasteiger charge is 2.28. The van der Waals surface area contributed by atoms with Crippen molar-refractivity contribution in [1.82, 2.24) is 4.90 Å². The summed E-state index contributed by atoms with van der Waals surface area (Å²) >= 11 is 0. The maximum absolute atomic E-state index is 12.8. The van der Waals surface area contributed by atoms with Crippen LogP contribution in [0.15, 0.2) is 46.9 Å². The average Bonchev–Trinajstić information content (AvgIpc) is 2.98. The van der Waals surface area contributed by atoms with Crippen molar-refractivity contribution in [2.75, 3.05) is 18.4 Å². The van der Waals surface area contributed by atoms with Gasteiger partial charge in [-0.2, -0.15) is 0 Å². The Morgan fingerprint density at radius 2 is 1.77 bits per heavy atom. The highest BCUT2D eigenvalue weighted by Crippen LogP contribution is 2.30. The van der Waals surface area contributed by atoms with Crippen LogP contribution in [0.2, 0.25) is 0 Å². The third kappa shape index (κ3) is 3.15. The second-order valence-corrected chi connectivity index (χ2v) is 7.18. The number of benzene rings is 2. The number of ether oxygens (including phenoxy) is 1. The number of carbonyl (C=O) groups is 1.